The Hall–Kier alpha value is -2.82. The highest BCUT2D eigenvalue weighted by atomic mass is 79.9. The van der Waals surface area contributed by atoms with Crippen molar-refractivity contribution in [2.45, 2.75) is 19.9 Å². The first-order chi connectivity index (χ1) is 14.5. The van der Waals surface area contributed by atoms with Gasteiger partial charge in [0.05, 0.1) is 41.4 Å². The van der Waals surface area contributed by atoms with E-state index in [0.29, 0.717) is 29.5 Å². The lowest BCUT2D eigenvalue weighted by atomic mass is 10.1. The number of hydrogen-bond donors (Lipinski definition) is 1. The maximum atomic E-state index is 13.6. The number of benzene rings is 2. The molecule has 7 heteroatoms. The Kier molecular flexibility index (Phi) is 4.57. The third kappa shape index (κ3) is 2.83. The topological polar surface area (TPSA) is 74.0 Å². The van der Waals surface area contributed by atoms with Gasteiger partial charge in [0.2, 0.25) is 0 Å². The Balaban J connectivity index is 1.90. The summed E-state index contributed by atoms with van der Waals surface area (Å²) in [7, 11) is 0. The van der Waals surface area contributed by atoms with Gasteiger partial charge in [0.25, 0.3) is 0 Å². The van der Waals surface area contributed by atoms with Gasteiger partial charge in [0, 0.05) is 39.9 Å². The fourth-order valence-electron chi connectivity index (χ4n) is 4.43. The molecular formula is C23H21BrN4O2. The van der Waals surface area contributed by atoms with Crippen LogP contribution in [0.5, 0.6) is 0 Å². The van der Waals surface area contributed by atoms with E-state index in [1.54, 1.807) is 12.1 Å². The number of rotatable bonds is 2. The summed E-state index contributed by atoms with van der Waals surface area (Å²) >= 11 is 3.70. The fourth-order valence-corrected chi connectivity index (χ4v) is 5.03. The molecule has 6 nitrogen and oxygen atoms in total. The predicted molar refractivity (Wildman–Crippen MR) is 123 cm³/mol. The average molecular weight is 465 g/mol. The Labute approximate surface area is 181 Å². The zero-order valence-electron chi connectivity index (χ0n) is 16.8. The second kappa shape index (κ2) is 7.15. The van der Waals surface area contributed by atoms with Crippen molar-refractivity contribution in [2.75, 3.05) is 31.2 Å². The molecule has 30 heavy (non-hydrogen) atoms. The van der Waals surface area contributed by atoms with E-state index >= 15 is 0 Å². The number of fused-ring (bicyclic) bond motifs is 4. The molecule has 2 aromatic heterocycles. The summed E-state index contributed by atoms with van der Waals surface area (Å²) in [6.45, 7) is 7.27. The van der Waals surface area contributed by atoms with E-state index in [9.17, 15) is 10.1 Å². The molecule has 1 aliphatic rings. The molecule has 4 aromatic rings. The summed E-state index contributed by atoms with van der Waals surface area (Å²) in [5.74, 6) is 0. The normalized spacial score (nSPS) is 14.8. The van der Waals surface area contributed by atoms with Crippen molar-refractivity contribution in [1.29, 1.82) is 5.26 Å². The molecular weight excluding hydrogens is 444 g/mol. The van der Waals surface area contributed by atoms with Crippen molar-refractivity contribution < 1.29 is 4.74 Å². The van der Waals surface area contributed by atoms with Crippen LogP contribution in [0.1, 0.15) is 25.5 Å². The lowest BCUT2D eigenvalue weighted by Crippen LogP contribution is -2.36. The summed E-state index contributed by atoms with van der Waals surface area (Å²) in [4.78, 5) is 19.3. The van der Waals surface area contributed by atoms with Crippen molar-refractivity contribution in [3.63, 3.8) is 0 Å². The first kappa shape index (κ1) is 19.2. The number of halogens is 1. The van der Waals surface area contributed by atoms with E-state index in [4.69, 9.17) is 4.74 Å². The van der Waals surface area contributed by atoms with Crippen LogP contribution in [0.4, 0.5) is 5.69 Å². The average Bonchev–Trinajstić information content (AvgIpc) is 3.12. The smallest absolute Gasteiger partial charge is 0.199 e. The Morgan fingerprint density at radius 2 is 1.93 bits per heavy atom. The molecule has 0 saturated carbocycles. The number of H-pyrrole nitrogens is 1. The van der Waals surface area contributed by atoms with E-state index in [2.05, 4.69) is 56.4 Å². The van der Waals surface area contributed by atoms with Crippen LogP contribution in [0.25, 0.3) is 32.8 Å². The highest BCUT2D eigenvalue weighted by Gasteiger charge is 2.21. The quantitative estimate of drug-likeness (QED) is 0.466. The van der Waals surface area contributed by atoms with Crippen LogP contribution >= 0.6 is 15.9 Å². The number of aromatic amines is 1. The minimum Gasteiger partial charge on any atom is -0.378 e. The maximum absolute atomic E-state index is 13.6. The summed E-state index contributed by atoms with van der Waals surface area (Å²) in [6.07, 6.45) is 0. The molecule has 0 radical (unpaired) electrons. The molecule has 1 saturated heterocycles. The van der Waals surface area contributed by atoms with Crippen LogP contribution in [-0.4, -0.2) is 35.9 Å². The zero-order valence-corrected chi connectivity index (χ0v) is 18.4. The highest BCUT2D eigenvalue weighted by Crippen LogP contribution is 2.35. The highest BCUT2D eigenvalue weighted by molar-refractivity contribution is 9.10. The van der Waals surface area contributed by atoms with Gasteiger partial charge in [0.15, 0.2) is 5.43 Å². The van der Waals surface area contributed by atoms with Crippen LogP contribution in [0, 0.1) is 11.3 Å². The molecule has 3 heterocycles. The van der Waals surface area contributed by atoms with Gasteiger partial charge in [0.1, 0.15) is 5.65 Å². The lowest BCUT2D eigenvalue weighted by Gasteiger charge is -2.30. The van der Waals surface area contributed by atoms with Gasteiger partial charge >= 0.3 is 0 Å². The summed E-state index contributed by atoms with van der Waals surface area (Å²) in [5.41, 5.74) is 4.14. The molecule has 152 valence electrons. The van der Waals surface area contributed by atoms with E-state index in [1.807, 2.05) is 12.1 Å². The van der Waals surface area contributed by atoms with Crippen LogP contribution in [0.3, 0.4) is 0 Å². The third-order valence-corrected chi connectivity index (χ3v) is 6.45. The number of nitriles is 1. The first-order valence-corrected chi connectivity index (χ1v) is 10.8. The van der Waals surface area contributed by atoms with Gasteiger partial charge in [-0.2, -0.15) is 5.26 Å². The van der Waals surface area contributed by atoms with E-state index in [0.717, 1.165) is 45.3 Å². The molecule has 5 rings (SSSR count). The number of nitrogens with one attached hydrogen (secondary N) is 1. The SMILES string of the molecule is CC(C)n1c2cc(N3CCOCC3)c(Br)cc2c(=O)c2c3ccc(C#N)cc3[nH]c21. The van der Waals surface area contributed by atoms with Crippen LogP contribution in [-0.2, 0) is 4.74 Å². The van der Waals surface area contributed by atoms with Crippen molar-refractivity contribution in [3.8, 4) is 6.07 Å². The molecule has 0 aliphatic carbocycles. The summed E-state index contributed by atoms with van der Waals surface area (Å²) < 4.78 is 8.60. The predicted octanol–water partition coefficient (Wildman–Crippen LogP) is 4.69. The number of aromatic nitrogens is 2. The summed E-state index contributed by atoms with van der Waals surface area (Å²) in [5, 5.41) is 11.5. The molecule has 0 amide bonds. The van der Waals surface area contributed by atoms with Crippen molar-refractivity contribution in [2.24, 2.45) is 0 Å². The number of morpholine rings is 1. The molecule has 2 aromatic carbocycles. The lowest BCUT2D eigenvalue weighted by molar-refractivity contribution is 0.122. The monoisotopic (exact) mass is 464 g/mol. The second-order valence-electron chi connectivity index (χ2n) is 7.93. The van der Waals surface area contributed by atoms with Crippen LogP contribution in [0.15, 0.2) is 39.6 Å². The molecule has 1 N–H and O–H groups in total. The van der Waals surface area contributed by atoms with Crippen molar-refractivity contribution in [1.82, 2.24) is 9.55 Å². The Morgan fingerprint density at radius 1 is 1.17 bits per heavy atom. The summed E-state index contributed by atoms with van der Waals surface area (Å²) in [6, 6.07) is 11.8. The Morgan fingerprint density at radius 3 is 2.63 bits per heavy atom. The minimum atomic E-state index is 0.00193. The number of ether oxygens (including phenoxy) is 1. The molecule has 0 spiro atoms. The van der Waals surface area contributed by atoms with Gasteiger partial charge in [-0.3, -0.25) is 4.79 Å². The van der Waals surface area contributed by atoms with E-state index in [-0.39, 0.29) is 11.5 Å². The van der Waals surface area contributed by atoms with Crippen molar-refractivity contribution >= 4 is 54.5 Å². The number of hydrogen-bond acceptors (Lipinski definition) is 4. The van der Waals surface area contributed by atoms with E-state index in [1.165, 1.54) is 0 Å². The number of nitrogens with zero attached hydrogens (tertiary/aromatic N) is 3. The van der Waals surface area contributed by atoms with Gasteiger partial charge < -0.3 is 19.2 Å². The largest absolute Gasteiger partial charge is 0.378 e. The van der Waals surface area contributed by atoms with Gasteiger partial charge in [-0.15, -0.1) is 0 Å². The zero-order chi connectivity index (χ0) is 21.0. The van der Waals surface area contributed by atoms with Crippen LogP contribution in [0.2, 0.25) is 0 Å². The minimum absolute atomic E-state index is 0.00193. The Bertz CT molecular complexity index is 1400. The fraction of sp³-hybridized carbons (Fsp3) is 0.304. The molecule has 1 aliphatic heterocycles. The van der Waals surface area contributed by atoms with E-state index < -0.39 is 0 Å². The number of anilines is 1. The third-order valence-electron chi connectivity index (χ3n) is 5.81. The molecule has 0 atom stereocenters. The molecule has 0 unspecified atom stereocenters. The van der Waals surface area contributed by atoms with Crippen LogP contribution < -0.4 is 10.3 Å². The van der Waals surface area contributed by atoms with Gasteiger partial charge in [-0.05, 0) is 54.0 Å². The van der Waals surface area contributed by atoms with Crippen molar-refractivity contribution in [3.05, 3.63) is 50.6 Å². The molecule has 0 bridgehead atoms. The van der Waals surface area contributed by atoms with Gasteiger partial charge in [-0.1, -0.05) is 6.07 Å². The molecule has 1 fully saturated rings. The second-order valence-corrected chi connectivity index (χ2v) is 8.79. The standard InChI is InChI=1S/C23H21BrN4O2/c1-13(2)28-19-11-20(27-5-7-30-8-6-27)17(24)10-16(19)22(29)21-15-4-3-14(12-25)9-18(15)26-23(21)28/h3-4,9-11,13,26H,5-8H2,1-2H3. The van der Waals surface area contributed by atoms with Gasteiger partial charge in [-0.25, -0.2) is 0 Å². The number of pyridine rings is 1. The first-order valence-electron chi connectivity index (χ1n) is 10.1. The maximum Gasteiger partial charge on any atom is 0.199 e.